The molecular formula is C10H21N3O5S. The lowest BCUT2D eigenvalue weighted by Gasteiger charge is -2.27. The fraction of sp³-hybridized carbons (Fsp3) is 0.800. The van der Waals surface area contributed by atoms with E-state index in [0.29, 0.717) is 0 Å². The molecule has 0 aromatic carbocycles. The van der Waals surface area contributed by atoms with E-state index in [4.69, 9.17) is 5.11 Å². The van der Waals surface area contributed by atoms with Gasteiger partial charge in [-0.1, -0.05) is 20.8 Å². The molecule has 0 radical (unpaired) electrons. The molecule has 0 aliphatic rings. The van der Waals surface area contributed by atoms with Gasteiger partial charge in [0.05, 0.1) is 6.26 Å². The second-order valence-corrected chi connectivity index (χ2v) is 7.04. The Bertz CT molecular complexity index is 427. The highest BCUT2D eigenvalue weighted by Gasteiger charge is 2.32. The van der Waals surface area contributed by atoms with Gasteiger partial charge in [-0.05, 0) is 5.41 Å². The van der Waals surface area contributed by atoms with Crippen LogP contribution < -0.4 is 15.4 Å². The fourth-order valence-corrected chi connectivity index (χ4v) is 1.72. The third-order valence-corrected chi connectivity index (χ3v) is 2.89. The van der Waals surface area contributed by atoms with Gasteiger partial charge < -0.3 is 15.7 Å². The van der Waals surface area contributed by atoms with Crippen LogP contribution in [0.15, 0.2) is 0 Å². The Balaban J connectivity index is 4.20. The molecule has 112 valence electrons. The molecule has 4 N–H and O–H groups in total. The van der Waals surface area contributed by atoms with E-state index in [1.165, 1.54) is 0 Å². The van der Waals surface area contributed by atoms with E-state index in [-0.39, 0.29) is 13.1 Å². The van der Waals surface area contributed by atoms with Gasteiger partial charge in [0.2, 0.25) is 10.0 Å². The highest BCUT2D eigenvalue weighted by molar-refractivity contribution is 7.88. The molecule has 1 unspecified atom stereocenters. The summed E-state index contributed by atoms with van der Waals surface area (Å²) in [6.45, 7) is 5.18. The quantitative estimate of drug-likeness (QED) is 0.484. The molecule has 0 rings (SSSR count). The maximum absolute atomic E-state index is 11.5. The number of aliphatic carboxylic acids is 1. The summed E-state index contributed by atoms with van der Waals surface area (Å²) < 4.78 is 23.7. The minimum atomic E-state index is -3.30. The number of carbonyl (C=O) groups excluding carboxylic acids is 1. The van der Waals surface area contributed by atoms with Gasteiger partial charge in [0, 0.05) is 13.1 Å². The number of urea groups is 1. The van der Waals surface area contributed by atoms with Crippen molar-refractivity contribution in [3.8, 4) is 0 Å². The molecule has 9 heteroatoms. The molecule has 0 bridgehead atoms. The number of nitrogens with one attached hydrogen (secondary N) is 3. The number of hydrogen-bond acceptors (Lipinski definition) is 4. The van der Waals surface area contributed by atoms with Crippen LogP contribution in [-0.4, -0.2) is 50.9 Å². The number of rotatable bonds is 6. The van der Waals surface area contributed by atoms with Gasteiger partial charge in [-0.15, -0.1) is 0 Å². The van der Waals surface area contributed by atoms with Crippen LogP contribution in [0.4, 0.5) is 4.79 Å². The highest BCUT2D eigenvalue weighted by Crippen LogP contribution is 2.19. The predicted octanol–water partition coefficient (Wildman–Crippen LogP) is -0.666. The number of amides is 2. The largest absolute Gasteiger partial charge is 0.480 e. The van der Waals surface area contributed by atoms with Crippen molar-refractivity contribution in [2.24, 2.45) is 5.41 Å². The number of carboxylic acids is 1. The first-order chi connectivity index (χ1) is 8.43. The van der Waals surface area contributed by atoms with Crippen molar-refractivity contribution in [3.05, 3.63) is 0 Å². The molecule has 0 aromatic rings. The van der Waals surface area contributed by atoms with Crippen molar-refractivity contribution in [2.75, 3.05) is 19.3 Å². The molecule has 0 saturated heterocycles. The fourth-order valence-electron chi connectivity index (χ4n) is 1.24. The van der Waals surface area contributed by atoms with E-state index >= 15 is 0 Å². The standard InChI is InChI=1S/C10H21N3O5S/c1-10(2,3)7(8(14)15)13-9(16)11-5-6-12-19(4,17)18/h7,12H,5-6H2,1-4H3,(H,14,15)(H2,11,13,16). The van der Waals surface area contributed by atoms with Crippen LogP contribution in [0, 0.1) is 5.41 Å². The van der Waals surface area contributed by atoms with Crippen LogP contribution >= 0.6 is 0 Å². The van der Waals surface area contributed by atoms with Gasteiger partial charge in [0.15, 0.2) is 0 Å². The normalized spacial score (nSPS) is 13.7. The van der Waals surface area contributed by atoms with Crippen molar-refractivity contribution in [1.29, 1.82) is 0 Å². The lowest BCUT2D eigenvalue weighted by atomic mass is 9.87. The van der Waals surface area contributed by atoms with Crippen LogP contribution in [0.2, 0.25) is 0 Å². The summed E-state index contributed by atoms with van der Waals surface area (Å²) >= 11 is 0. The number of carbonyl (C=O) groups is 2. The van der Waals surface area contributed by atoms with E-state index in [2.05, 4.69) is 15.4 Å². The second kappa shape index (κ2) is 6.71. The summed E-state index contributed by atoms with van der Waals surface area (Å²) in [6, 6.07) is -1.69. The van der Waals surface area contributed by atoms with E-state index in [0.717, 1.165) is 6.26 Å². The smallest absolute Gasteiger partial charge is 0.326 e. The zero-order chi connectivity index (χ0) is 15.3. The lowest BCUT2D eigenvalue weighted by molar-refractivity contribution is -0.141. The Labute approximate surface area is 113 Å². The summed E-state index contributed by atoms with van der Waals surface area (Å²) in [5.41, 5.74) is -0.631. The first-order valence-corrected chi connectivity index (χ1v) is 7.54. The lowest BCUT2D eigenvalue weighted by Crippen LogP contribution is -2.53. The highest BCUT2D eigenvalue weighted by atomic mass is 32.2. The first kappa shape index (κ1) is 17.6. The van der Waals surface area contributed by atoms with Crippen molar-refractivity contribution in [1.82, 2.24) is 15.4 Å². The molecule has 0 aliphatic heterocycles. The minimum absolute atomic E-state index is 0.0412. The van der Waals surface area contributed by atoms with Gasteiger partial charge in [0.25, 0.3) is 0 Å². The molecule has 8 nitrogen and oxygen atoms in total. The van der Waals surface area contributed by atoms with Gasteiger partial charge in [-0.2, -0.15) is 0 Å². The average molecular weight is 295 g/mol. The summed E-state index contributed by atoms with van der Waals surface area (Å²) in [4.78, 5) is 22.5. The van der Waals surface area contributed by atoms with Crippen molar-refractivity contribution in [3.63, 3.8) is 0 Å². The van der Waals surface area contributed by atoms with Crippen molar-refractivity contribution >= 4 is 22.0 Å². The molecule has 0 spiro atoms. The summed E-state index contributed by atoms with van der Waals surface area (Å²) in [7, 11) is -3.30. The molecule has 2 amide bonds. The van der Waals surface area contributed by atoms with Crippen LogP contribution in [0.3, 0.4) is 0 Å². The SMILES string of the molecule is CC(C)(C)C(NC(=O)NCCNS(C)(=O)=O)C(=O)O. The third-order valence-electron chi connectivity index (χ3n) is 2.16. The number of carboxylic acid groups (broad SMARTS) is 1. The second-order valence-electron chi connectivity index (χ2n) is 5.20. The van der Waals surface area contributed by atoms with Crippen LogP contribution in [0.1, 0.15) is 20.8 Å². The summed E-state index contributed by atoms with van der Waals surface area (Å²) in [5.74, 6) is -1.13. The van der Waals surface area contributed by atoms with E-state index in [1.54, 1.807) is 20.8 Å². The van der Waals surface area contributed by atoms with Gasteiger partial charge in [-0.3, -0.25) is 0 Å². The monoisotopic (exact) mass is 295 g/mol. The zero-order valence-electron chi connectivity index (χ0n) is 11.5. The van der Waals surface area contributed by atoms with Crippen molar-refractivity contribution in [2.45, 2.75) is 26.8 Å². The van der Waals surface area contributed by atoms with Crippen molar-refractivity contribution < 1.29 is 23.1 Å². The topological polar surface area (TPSA) is 125 Å². The van der Waals surface area contributed by atoms with E-state index in [9.17, 15) is 18.0 Å². The first-order valence-electron chi connectivity index (χ1n) is 5.65. The Morgan fingerprint density at radius 1 is 1.21 bits per heavy atom. The van der Waals surface area contributed by atoms with E-state index < -0.39 is 33.5 Å². The van der Waals surface area contributed by atoms with Crippen LogP contribution in [-0.2, 0) is 14.8 Å². The maximum Gasteiger partial charge on any atom is 0.326 e. The molecule has 0 aromatic heterocycles. The molecule has 0 aliphatic carbocycles. The predicted molar refractivity (Wildman–Crippen MR) is 70.3 cm³/mol. The molecule has 0 saturated carbocycles. The maximum atomic E-state index is 11.5. The molecular weight excluding hydrogens is 274 g/mol. The van der Waals surface area contributed by atoms with E-state index in [1.807, 2.05) is 0 Å². The Hall–Kier alpha value is -1.35. The Kier molecular flexibility index (Phi) is 6.23. The number of hydrogen-bond donors (Lipinski definition) is 4. The molecule has 0 fully saturated rings. The summed E-state index contributed by atoms with van der Waals surface area (Å²) in [5, 5.41) is 13.7. The minimum Gasteiger partial charge on any atom is -0.480 e. The van der Waals surface area contributed by atoms with Gasteiger partial charge >= 0.3 is 12.0 Å². The molecule has 0 heterocycles. The Morgan fingerprint density at radius 2 is 1.74 bits per heavy atom. The molecule has 1 atom stereocenters. The Morgan fingerprint density at radius 3 is 2.11 bits per heavy atom. The van der Waals surface area contributed by atoms with Crippen LogP contribution in [0.25, 0.3) is 0 Å². The van der Waals surface area contributed by atoms with Crippen LogP contribution in [0.5, 0.6) is 0 Å². The molecule has 19 heavy (non-hydrogen) atoms. The van der Waals surface area contributed by atoms with Gasteiger partial charge in [0.1, 0.15) is 6.04 Å². The third kappa shape index (κ3) is 8.38. The average Bonchev–Trinajstić information content (AvgIpc) is 2.17. The zero-order valence-corrected chi connectivity index (χ0v) is 12.3. The number of sulfonamides is 1. The van der Waals surface area contributed by atoms with Gasteiger partial charge in [-0.25, -0.2) is 22.7 Å². The summed E-state index contributed by atoms with van der Waals surface area (Å²) in [6.07, 6.45) is 1.01.